The van der Waals surface area contributed by atoms with Gasteiger partial charge < -0.3 is 10.1 Å². The number of hydrogen-bond acceptors (Lipinski definition) is 4. The topological polar surface area (TPSA) is 56.1 Å². The molecule has 2 heterocycles. The van der Waals surface area contributed by atoms with E-state index in [4.69, 9.17) is 4.74 Å². The standard InChI is InChI=1S/C18H19N3O2S/c1-14(23-15-7-3-2-4-8-15)18(22)19-13-16(17-9-5-12-24-17)21-11-6-10-20-21/h2-12,14,16H,13H2,1H3,(H,19,22). The molecule has 3 aromatic rings. The molecule has 2 aromatic heterocycles. The number of rotatable bonds is 7. The SMILES string of the molecule is CC(Oc1ccccc1)C(=O)NCC(c1cccs1)n1cccn1. The maximum atomic E-state index is 12.3. The van der Waals surface area contributed by atoms with E-state index in [0.717, 1.165) is 4.88 Å². The molecule has 0 radical (unpaired) electrons. The Bertz CT molecular complexity index is 708. The van der Waals surface area contributed by atoms with Crippen LogP contribution in [0.1, 0.15) is 17.8 Å². The van der Waals surface area contributed by atoms with Gasteiger partial charge >= 0.3 is 0 Å². The highest BCUT2D eigenvalue weighted by molar-refractivity contribution is 7.10. The third-order valence-electron chi connectivity index (χ3n) is 3.61. The summed E-state index contributed by atoms with van der Waals surface area (Å²) in [4.78, 5) is 13.5. The number of nitrogens with one attached hydrogen (secondary N) is 1. The van der Waals surface area contributed by atoms with Gasteiger partial charge in [0.25, 0.3) is 5.91 Å². The molecular weight excluding hydrogens is 322 g/mol. The fourth-order valence-electron chi connectivity index (χ4n) is 2.37. The fraction of sp³-hybridized carbons (Fsp3) is 0.222. The summed E-state index contributed by atoms with van der Waals surface area (Å²) in [5, 5.41) is 9.29. The first-order valence-electron chi connectivity index (χ1n) is 7.76. The van der Waals surface area contributed by atoms with Crippen LogP contribution in [0.2, 0.25) is 0 Å². The van der Waals surface area contributed by atoms with Crippen molar-refractivity contribution in [3.8, 4) is 5.75 Å². The van der Waals surface area contributed by atoms with Crippen molar-refractivity contribution in [2.45, 2.75) is 19.1 Å². The predicted octanol–water partition coefficient (Wildman–Crippen LogP) is 3.12. The van der Waals surface area contributed by atoms with E-state index in [9.17, 15) is 4.79 Å². The number of nitrogens with zero attached hydrogens (tertiary/aromatic N) is 2. The second-order valence-corrected chi connectivity index (χ2v) is 6.31. The summed E-state index contributed by atoms with van der Waals surface area (Å²) < 4.78 is 7.51. The van der Waals surface area contributed by atoms with Crippen molar-refractivity contribution >= 4 is 17.2 Å². The van der Waals surface area contributed by atoms with Gasteiger partial charge in [0.2, 0.25) is 0 Å². The molecule has 1 amide bonds. The summed E-state index contributed by atoms with van der Waals surface area (Å²) in [6.45, 7) is 2.21. The average Bonchev–Trinajstić information content (AvgIpc) is 3.30. The van der Waals surface area contributed by atoms with E-state index in [2.05, 4.69) is 10.4 Å². The first-order chi connectivity index (χ1) is 11.7. The Hall–Kier alpha value is -2.60. The number of ether oxygens (including phenoxy) is 1. The maximum absolute atomic E-state index is 12.3. The Labute approximate surface area is 144 Å². The summed E-state index contributed by atoms with van der Waals surface area (Å²) in [5.74, 6) is 0.537. The lowest BCUT2D eigenvalue weighted by atomic mass is 10.2. The van der Waals surface area contributed by atoms with Gasteiger partial charge in [0.1, 0.15) is 11.8 Å². The lowest BCUT2D eigenvalue weighted by Crippen LogP contribution is -2.39. The van der Waals surface area contributed by atoms with Crippen molar-refractivity contribution < 1.29 is 9.53 Å². The number of thiophene rings is 1. The van der Waals surface area contributed by atoms with Crippen LogP contribution in [0.4, 0.5) is 0 Å². The Morgan fingerprint density at radius 3 is 2.75 bits per heavy atom. The number of benzene rings is 1. The highest BCUT2D eigenvalue weighted by Crippen LogP contribution is 2.22. The van der Waals surface area contributed by atoms with Crippen LogP contribution in [0.15, 0.2) is 66.3 Å². The molecule has 0 saturated carbocycles. The zero-order chi connectivity index (χ0) is 16.8. The number of para-hydroxylation sites is 1. The third kappa shape index (κ3) is 4.02. The minimum absolute atomic E-state index is 0.0205. The number of aromatic nitrogens is 2. The average molecular weight is 341 g/mol. The molecule has 2 unspecified atom stereocenters. The second kappa shape index (κ2) is 7.79. The van der Waals surface area contributed by atoms with Gasteiger partial charge in [-0.2, -0.15) is 5.10 Å². The quantitative estimate of drug-likeness (QED) is 0.718. The molecule has 6 heteroatoms. The predicted molar refractivity (Wildman–Crippen MR) is 94.2 cm³/mol. The van der Waals surface area contributed by atoms with Crippen molar-refractivity contribution in [3.63, 3.8) is 0 Å². The van der Waals surface area contributed by atoms with E-state index in [1.807, 2.05) is 64.8 Å². The lowest BCUT2D eigenvalue weighted by molar-refractivity contribution is -0.127. The number of hydrogen-bond donors (Lipinski definition) is 1. The normalized spacial score (nSPS) is 13.2. The van der Waals surface area contributed by atoms with E-state index >= 15 is 0 Å². The van der Waals surface area contributed by atoms with Gasteiger partial charge in [-0.05, 0) is 36.6 Å². The summed E-state index contributed by atoms with van der Waals surface area (Å²) in [6.07, 6.45) is 3.08. The van der Waals surface area contributed by atoms with Gasteiger partial charge in [-0.25, -0.2) is 0 Å². The molecule has 0 fully saturated rings. The van der Waals surface area contributed by atoms with Crippen LogP contribution in [-0.2, 0) is 4.79 Å². The molecule has 0 spiro atoms. The fourth-order valence-corrected chi connectivity index (χ4v) is 3.19. The number of amides is 1. The summed E-state index contributed by atoms with van der Waals surface area (Å²) in [6, 6.07) is 15.2. The van der Waals surface area contributed by atoms with Crippen molar-refractivity contribution in [1.82, 2.24) is 15.1 Å². The van der Waals surface area contributed by atoms with Crippen LogP contribution in [0.3, 0.4) is 0 Å². The second-order valence-electron chi connectivity index (χ2n) is 5.34. The largest absolute Gasteiger partial charge is 0.481 e. The zero-order valence-electron chi connectivity index (χ0n) is 13.3. The molecule has 0 aliphatic heterocycles. The van der Waals surface area contributed by atoms with Crippen LogP contribution in [0.25, 0.3) is 0 Å². The lowest BCUT2D eigenvalue weighted by Gasteiger charge is -2.19. The molecule has 0 aliphatic carbocycles. The van der Waals surface area contributed by atoms with E-state index in [1.54, 1.807) is 24.5 Å². The van der Waals surface area contributed by atoms with E-state index in [0.29, 0.717) is 12.3 Å². The first kappa shape index (κ1) is 16.3. The highest BCUT2D eigenvalue weighted by atomic mass is 32.1. The Morgan fingerprint density at radius 2 is 2.08 bits per heavy atom. The van der Waals surface area contributed by atoms with E-state index in [-0.39, 0.29) is 11.9 Å². The Kier molecular flexibility index (Phi) is 5.28. The molecule has 1 aromatic carbocycles. The van der Waals surface area contributed by atoms with Gasteiger partial charge in [-0.15, -0.1) is 11.3 Å². The molecule has 124 valence electrons. The number of carbonyl (C=O) groups excluding carboxylic acids is 1. The summed E-state index contributed by atoms with van der Waals surface area (Å²) in [5.41, 5.74) is 0. The van der Waals surface area contributed by atoms with Gasteiger partial charge in [0.05, 0.1) is 0 Å². The third-order valence-corrected chi connectivity index (χ3v) is 4.58. The van der Waals surface area contributed by atoms with Gasteiger partial charge in [-0.3, -0.25) is 9.48 Å². The Morgan fingerprint density at radius 1 is 1.25 bits per heavy atom. The molecule has 0 saturated heterocycles. The highest BCUT2D eigenvalue weighted by Gasteiger charge is 2.19. The Balaban J connectivity index is 1.61. The smallest absolute Gasteiger partial charge is 0.260 e. The molecule has 0 bridgehead atoms. The van der Waals surface area contributed by atoms with Crippen molar-refractivity contribution in [1.29, 1.82) is 0 Å². The summed E-state index contributed by atoms with van der Waals surface area (Å²) in [7, 11) is 0. The molecular formula is C18H19N3O2S. The molecule has 3 rings (SSSR count). The van der Waals surface area contributed by atoms with Crippen LogP contribution in [0, 0.1) is 0 Å². The van der Waals surface area contributed by atoms with Crippen molar-refractivity contribution in [2.24, 2.45) is 0 Å². The van der Waals surface area contributed by atoms with Crippen molar-refractivity contribution in [3.05, 3.63) is 71.2 Å². The summed E-state index contributed by atoms with van der Waals surface area (Å²) >= 11 is 1.65. The van der Waals surface area contributed by atoms with Crippen LogP contribution in [-0.4, -0.2) is 28.3 Å². The van der Waals surface area contributed by atoms with Crippen LogP contribution in [0.5, 0.6) is 5.75 Å². The maximum Gasteiger partial charge on any atom is 0.260 e. The minimum atomic E-state index is -0.561. The molecule has 5 nitrogen and oxygen atoms in total. The van der Waals surface area contributed by atoms with E-state index in [1.165, 1.54) is 0 Å². The van der Waals surface area contributed by atoms with Gasteiger partial charge in [0.15, 0.2) is 6.10 Å². The first-order valence-corrected chi connectivity index (χ1v) is 8.64. The molecule has 0 aliphatic rings. The van der Waals surface area contributed by atoms with E-state index < -0.39 is 6.10 Å². The monoisotopic (exact) mass is 341 g/mol. The van der Waals surface area contributed by atoms with Crippen LogP contribution < -0.4 is 10.1 Å². The van der Waals surface area contributed by atoms with Crippen LogP contribution >= 0.6 is 11.3 Å². The van der Waals surface area contributed by atoms with Crippen molar-refractivity contribution in [2.75, 3.05) is 6.54 Å². The number of carbonyl (C=O) groups is 1. The zero-order valence-corrected chi connectivity index (χ0v) is 14.1. The van der Waals surface area contributed by atoms with Gasteiger partial charge in [0, 0.05) is 23.8 Å². The molecule has 1 N–H and O–H groups in total. The van der Waals surface area contributed by atoms with Gasteiger partial charge in [-0.1, -0.05) is 24.3 Å². The minimum Gasteiger partial charge on any atom is -0.481 e. The molecule has 2 atom stereocenters. The molecule has 24 heavy (non-hydrogen) atoms.